The maximum Gasteiger partial charge on any atom is 0.215 e. The Morgan fingerprint density at radius 3 is 2.81 bits per heavy atom. The van der Waals surface area contributed by atoms with Crippen molar-refractivity contribution in [3.63, 3.8) is 0 Å². The topological polar surface area (TPSA) is 39.9 Å². The molecule has 0 amide bonds. The van der Waals surface area contributed by atoms with Gasteiger partial charge in [-0.2, -0.15) is 5.10 Å². The van der Waals surface area contributed by atoms with Crippen LogP contribution in [0.1, 0.15) is 0 Å². The summed E-state index contributed by atoms with van der Waals surface area (Å²) in [5, 5.41) is 8.76. The molecular weight excluding hydrogens is 358 g/mol. The zero-order valence-electron chi connectivity index (χ0n) is 15.6. The Labute approximate surface area is 158 Å². The number of aryl methyl sites for hydroxylation is 1. The molecule has 0 spiro atoms. The molecule has 3 heterocycles. The lowest BCUT2D eigenvalue weighted by molar-refractivity contribution is 0.326. The molecule has 0 N–H and O–H groups in total. The second kappa shape index (κ2) is 6.52. The lowest BCUT2D eigenvalue weighted by atomic mass is 10.1. The van der Waals surface area contributed by atoms with Crippen LogP contribution in [0.2, 0.25) is 25.7 Å². The van der Waals surface area contributed by atoms with Crippen LogP contribution in [-0.2, 0) is 7.05 Å². The van der Waals surface area contributed by atoms with Crippen LogP contribution in [-0.4, -0.2) is 29.4 Å². The summed E-state index contributed by atoms with van der Waals surface area (Å²) < 4.78 is 9.13. The molecule has 4 nitrogen and oxygen atoms in total. The summed E-state index contributed by atoms with van der Waals surface area (Å²) >= 11 is 1.73. The van der Waals surface area contributed by atoms with Crippen molar-refractivity contribution < 1.29 is 4.74 Å². The van der Waals surface area contributed by atoms with Crippen LogP contribution in [0.4, 0.5) is 0 Å². The van der Waals surface area contributed by atoms with Gasteiger partial charge in [-0.25, -0.2) is 4.98 Å². The maximum absolute atomic E-state index is 6.03. The molecule has 0 saturated heterocycles. The van der Waals surface area contributed by atoms with Gasteiger partial charge in [-0.1, -0.05) is 25.7 Å². The van der Waals surface area contributed by atoms with Crippen LogP contribution in [0.25, 0.3) is 32.2 Å². The first-order chi connectivity index (χ1) is 12.4. The summed E-state index contributed by atoms with van der Waals surface area (Å²) in [6.07, 6.45) is 1.90. The second-order valence-corrected chi connectivity index (χ2v) is 14.4. The van der Waals surface area contributed by atoms with Gasteiger partial charge < -0.3 is 4.74 Å². The molecule has 0 aliphatic carbocycles. The van der Waals surface area contributed by atoms with Crippen LogP contribution in [0.3, 0.4) is 0 Å². The van der Waals surface area contributed by atoms with Gasteiger partial charge in [0.2, 0.25) is 5.88 Å². The number of pyridine rings is 1. The fraction of sp³-hybridized carbons (Fsp3) is 0.300. The van der Waals surface area contributed by atoms with Crippen molar-refractivity contribution in [1.29, 1.82) is 0 Å². The Kier molecular flexibility index (Phi) is 4.32. The number of ether oxygens (including phenoxy) is 1. The van der Waals surface area contributed by atoms with E-state index in [0.717, 1.165) is 40.7 Å². The van der Waals surface area contributed by atoms with Crippen molar-refractivity contribution in [2.45, 2.75) is 25.7 Å². The van der Waals surface area contributed by atoms with Crippen molar-refractivity contribution in [3.8, 4) is 17.1 Å². The zero-order chi connectivity index (χ0) is 18.3. The molecule has 0 aliphatic rings. The Balaban J connectivity index is 1.73. The molecule has 0 atom stereocenters. The zero-order valence-corrected chi connectivity index (χ0v) is 17.4. The number of fused-ring (bicyclic) bond motifs is 2. The molecule has 3 aromatic heterocycles. The summed E-state index contributed by atoms with van der Waals surface area (Å²) in [5.41, 5.74) is 3.21. The molecule has 0 unspecified atom stereocenters. The average Bonchev–Trinajstić information content (AvgIpc) is 3.19. The van der Waals surface area contributed by atoms with E-state index in [1.165, 1.54) is 10.1 Å². The molecule has 0 aliphatic heterocycles. The normalized spacial score (nSPS) is 12.2. The van der Waals surface area contributed by atoms with E-state index in [1.807, 2.05) is 17.9 Å². The minimum absolute atomic E-state index is 0.722. The van der Waals surface area contributed by atoms with E-state index in [-0.39, 0.29) is 0 Å². The van der Waals surface area contributed by atoms with Crippen molar-refractivity contribution >= 4 is 40.4 Å². The molecule has 0 bridgehead atoms. The smallest absolute Gasteiger partial charge is 0.215 e. The third-order valence-electron chi connectivity index (χ3n) is 4.55. The highest BCUT2D eigenvalue weighted by atomic mass is 32.1. The number of hydrogen-bond donors (Lipinski definition) is 0. The van der Waals surface area contributed by atoms with Crippen LogP contribution in [0.15, 0.2) is 41.9 Å². The van der Waals surface area contributed by atoms with Crippen molar-refractivity contribution in [1.82, 2.24) is 14.8 Å². The van der Waals surface area contributed by atoms with E-state index in [4.69, 9.17) is 9.72 Å². The van der Waals surface area contributed by atoms with E-state index in [9.17, 15) is 0 Å². The van der Waals surface area contributed by atoms with Gasteiger partial charge in [-0.3, -0.25) is 4.68 Å². The minimum atomic E-state index is -1.12. The molecule has 4 aromatic rings. The van der Waals surface area contributed by atoms with Gasteiger partial charge in [0.05, 0.1) is 24.0 Å². The number of rotatable bonds is 5. The molecule has 0 fully saturated rings. The van der Waals surface area contributed by atoms with E-state index in [2.05, 4.69) is 60.5 Å². The Morgan fingerprint density at radius 2 is 2.00 bits per heavy atom. The summed E-state index contributed by atoms with van der Waals surface area (Å²) in [5.74, 6) is 0.722. The second-order valence-electron chi connectivity index (χ2n) is 7.84. The van der Waals surface area contributed by atoms with E-state index in [1.54, 1.807) is 11.3 Å². The fourth-order valence-electron chi connectivity index (χ4n) is 3.01. The van der Waals surface area contributed by atoms with Gasteiger partial charge in [0, 0.05) is 42.2 Å². The Morgan fingerprint density at radius 1 is 1.15 bits per heavy atom. The number of hydrogen-bond acceptors (Lipinski definition) is 4. The third kappa shape index (κ3) is 3.39. The summed E-state index contributed by atoms with van der Waals surface area (Å²) in [4.78, 5) is 4.85. The number of benzene rings is 1. The molecule has 6 heteroatoms. The van der Waals surface area contributed by atoms with Crippen LogP contribution in [0, 0.1) is 0 Å². The monoisotopic (exact) mass is 381 g/mol. The Bertz CT molecular complexity index is 1080. The predicted molar refractivity (Wildman–Crippen MR) is 113 cm³/mol. The molecule has 1 aromatic carbocycles. The van der Waals surface area contributed by atoms with Crippen molar-refractivity contribution in [2.24, 2.45) is 7.05 Å². The molecule has 4 rings (SSSR count). The van der Waals surface area contributed by atoms with Gasteiger partial charge in [0.25, 0.3) is 0 Å². The standard InChI is InChI=1S/C20H23N3OSSi/c1-23-17-6-5-14(11-15(17)13-21-23)20-16-7-9-25-18(16)12-19(22-20)24-8-10-26(2,3)4/h5-7,9,11-13H,8,10H2,1-4H3. The lowest BCUT2D eigenvalue weighted by Gasteiger charge is -2.16. The largest absolute Gasteiger partial charge is 0.478 e. The lowest BCUT2D eigenvalue weighted by Crippen LogP contribution is -2.22. The predicted octanol–water partition coefficient (Wildman–Crippen LogP) is 5.57. The summed E-state index contributed by atoms with van der Waals surface area (Å²) in [7, 11) is 0.846. The third-order valence-corrected chi connectivity index (χ3v) is 7.12. The van der Waals surface area contributed by atoms with Gasteiger partial charge in [0.15, 0.2) is 0 Å². The molecule has 0 radical (unpaired) electrons. The Hall–Kier alpha value is -2.18. The SMILES string of the molecule is Cn1ncc2cc(-c3nc(OCC[Si](C)(C)C)cc4sccc34)ccc21. The summed E-state index contributed by atoms with van der Waals surface area (Å²) in [6.45, 7) is 7.82. The number of aromatic nitrogens is 3. The van der Waals surface area contributed by atoms with Crippen LogP contribution >= 0.6 is 11.3 Å². The van der Waals surface area contributed by atoms with Crippen molar-refractivity contribution in [3.05, 3.63) is 41.9 Å². The van der Waals surface area contributed by atoms with Gasteiger partial charge in [0.1, 0.15) is 0 Å². The van der Waals surface area contributed by atoms with Gasteiger partial charge in [-0.15, -0.1) is 11.3 Å². The first-order valence-corrected chi connectivity index (χ1v) is 13.4. The van der Waals surface area contributed by atoms with Crippen LogP contribution < -0.4 is 4.74 Å². The van der Waals surface area contributed by atoms with Gasteiger partial charge >= 0.3 is 0 Å². The van der Waals surface area contributed by atoms with Crippen molar-refractivity contribution in [2.75, 3.05) is 6.61 Å². The first kappa shape index (κ1) is 17.2. The highest BCUT2D eigenvalue weighted by molar-refractivity contribution is 7.17. The van der Waals surface area contributed by atoms with E-state index < -0.39 is 8.07 Å². The summed E-state index contributed by atoms with van der Waals surface area (Å²) in [6, 6.07) is 11.7. The highest BCUT2D eigenvalue weighted by Crippen LogP contribution is 2.34. The fourth-order valence-corrected chi connectivity index (χ4v) is 4.54. The number of nitrogens with zero attached hydrogens (tertiary/aromatic N) is 3. The molecule has 134 valence electrons. The average molecular weight is 382 g/mol. The quantitative estimate of drug-likeness (QED) is 0.424. The first-order valence-electron chi connectivity index (χ1n) is 8.84. The van der Waals surface area contributed by atoms with E-state index in [0.29, 0.717) is 0 Å². The minimum Gasteiger partial charge on any atom is -0.478 e. The molecule has 26 heavy (non-hydrogen) atoms. The molecule has 0 saturated carbocycles. The highest BCUT2D eigenvalue weighted by Gasteiger charge is 2.15. The van der Waals surface area contributed by atoms with Gasteiger partial charge in [-0.05, 0) is 29.6 Å². The van der Waals surface area contributed by atoms with E-state index >= 15 is 0 Å². The maximum atomic E-state index is 6.03. The molecular formula is C20H23N3OSSi. The number of thiophene rings is 1. The van der Waals surface area contributed by atoms with Crippen LogP contribution in [0.5, 0.6) is 5.88 Å².